The molecule has 1 saturated heterocycles. The SMILES string of the molecule is CC1=C(CCC2OCCO2)C(=O)O[C@]2(C[C@H](C)CC[C@H]2C(C)C)O1. The third-order valence-electron chi connectivity index (χ3n) is 5.56. The molecule has 1 spiro atoms. The lowest BCUT2D eigenvalue weighted by Gasteiger charge is -2.48. The fourth-order valence-electron chi connectivity index (χ4n) is 4.32. The van der Waals surface area contributed by atoms with Crippen LogP contribution in [0.15, 0.2) is 11.3 Å². The molecule has 0 aromatic rings. The van der Waals surface area contributed by atoms with Gasteiger partial charge in [-0.15, -0.1) is 0 Å². The number of hydrogen-bond acceptors (Lipinski definition) is 5. The van der Waals surface area contributed by atoms with Crippen molar-refractivity contribution in [1.82, 2.24) is 0 Å². The third-order valence-corrected chi connectivity index (χ3v) is 5.56. The second-order valence-electron chi connectivity index (χ2n) is 7.79. The Labute approximate surface area is 144 Å². The van der Waals surface area contributed by atoms with E-state index in [0.717, 1.165) is 19.3 Å². The van der Waals surface area contributed by atoms with Crippen molar-refractivity contribution in [3.05, 3.63) is 11.3 Å². The van der Waals surface area contributed by atoms with Gasteiger partial charge in [-0.3, -0.25) is 0 Å². The first-order chi connectivity index (χ1) is 11.4. The van der Waals surface area contributed by atoms with Crippen LogP contribution in [-0.4, -0.2) is 31.3 Å². The van der Waals surface area contributed by atoms with E-state index in [1.165, 1.54) is 0 Å². The molecular weight excluding hydrogens is 308 g/mol. The fraction of sp³-hybridized carbons (Fsp3) is 0.842. The maximum Gasteiger partial charge on any atom is 0.340 e. The maximum absolute atomic E-state index is 12.7. The summed E-state index contributed by atoms with van der Waals surface area (Å²) in [6.07, 6.45) is 3.99. The van der Waals surface area contributed by atoms with Crippen LogP contribution >= 0.6 is 0 Å². The van der Waals surface area contributed by atoms with Gasteiger partial charge in [0.05, 0.1) is 18.8 Å². The van der Waals surface area contributed by atoms with E-state index >= 15 is 0 Å². The number of rotatable bonds is 4. The molecule has 0 N–H and O–H groups in total. The molecule has 3 atom stereocenters. The average Bonchev–Trinajstić information content (AvgIpc) is 2.99. The first-order valence-electron chi connectivity index (χ1n) is 9.26. The normalized spacial score (nSPS) is 34.8. The van der Waals surface area contributed by atoms with Gasteiger partial charge >= 0.3 is 5.97 Å². The Hall–Kier alpha value is -1.07. The summed E-state index contributed by atoms with van der Waals surface area (Å²) in [4.78, 5) is 12.7. The largest absolute Gasteiger partial charge is 0.456 e. The highest BCUT2D eigenvalue weighted by Gasteiger charge is 2.52. The van der Waals surface area contributed by atoms with Crippen LogP contribution in [0, 0.1) is 17.8 Å². The molecule has 1 aliphatic carbocycles. The summed E-state index contributed by atoms with van der Waals surface area (Å²) >= 11 is 0. The Morgan fingerprint density at radius 3 is 2.50 bits per heavy atom. The zero-order valence-electron chi connectivity index (χ0n) is 15.3. The van der Waals surface area contributed by atoms with Gasteiger partial charge in [0.25, 0.3) is 5.79 Å². The van der Waals surface area contributed by atoms with Gasteiger partial charge in [0.1, 0.15) is 5.76 Å². The lowest BCUT2D eigenvalue weighted by Crippen LogP contribution is -2.53. The molecular formula is C19H30O5. The molecule has 1 saturated carbocycles. The van der Waals surface area contributed by atoms with E-state index < -0.39 is 5.79 Å². The molecule has 5 nitrogen and oxygen atoms in total. The van der Waals surface area contributed by atoms with Crippen LogP contribution in [-0.2, 0) is 23.7 Å². The highest BCUT2D eigenvalue weighted by molar-refractivity contribution is 5.89. The number of hydrogen-bond donors (Lipinski definition) is 0. The highest BCUT2D eigenvalue weighted by Crippen LogP contribution is 2.48. The summed E-state index contributed by atoms with van der Waals surface area (Å²) in [5.41, 5.74) is 0.625. The van der Waals surface area contributed by atoms with Crippen molar-refractivity contribution in [1.29, 1.82) is 0 Å². The van der Waals surface area contributed by atoms with Crippen molar-refractivity contribution in [3.8, 4) is 0 Å². The average molecular weight is 338 g/mol. The predicted octanol–water partition coefficient (Wildman–Crippen LogP) is 3.78. The van der Waals surface area contributed by atoms with E-state index in [1.807, 2.05) is 6.92 Å². The second kappa shape index (κ2) is 7.04. The van der Waals surface area contributed by atoms with Crippen LogP contribution in [0.3, 0.4) is 0 Å². The van der Waals surface area contributed by atoms with E-state index in [9.17, 15) is 4.79 Å². The summed E-state index contributed by atoms with van der Waals surface area (Å²) in [6.45, 7) is 9.72. The van der Waals surface area contributed by atoms with Crippen molar-refractivity contribution in [2.75, 3.05) is 13.2 Å². The van der Waals surface area contributed by atoms with Gasteiger partial charge in [-0.2, -0.15) is 0 Å². The number of ether oxygens (including phenoxy) is 4. The molecule has 3 aliphatic rings. The van der Waals surface area contributed by atoms with Gasteiger partial charge in [-0.1, -0.05) is 20.8 Å². The molecule has 0 unspecified atom stereocenters. The second-order valence-corrected chi connectivity index (χ2v) is 7.79. The number of esters is 1. The summed E-state index contributed by atoms with van der Waals surface area (Å²) < 4.78 is 23.2. The minimum absolute atomic E-state index is 0.216. The molecule has 5 heteroatoms. The van der Waals surface area contributed by atoms with E-state index in [4.69, 9.17) is 18.9 Å². The number of carbonyl (C=O) groups is 1. The minimum atomic E-state index is -0.781. The van der Waals surface area contributed by atoms with Gasteiger partial charge in [0.15, 0.2) is 6.29 Å². The first-order valence-corrected chi connectivity index (χ1v) is 9.26. The monoisotopic (exact) mass is 338 g/mol. The van der Waals surface area contributed by atoms with Crippen LogP contribution < -0.4 is 0 Å². The molecule has 2 aliphatic heterocycles. The third kappa shape index (κ3) is 3.47. The predicted molar refractivity (Wildman–Crippen MR) is 88.9 cm³/mol. The van der Waals surface area contributed by atoms with E-state index in [-0.39, 0.29) is 18.2 Å². The number of carbonyl (C=O) groups excluding carboxylic acids is 1. The summed E-state index contributed by atoms with van der Waals surface area (Å²) in [5.74, 6) is 0.871. The van der Waals surface area contributed by atoms with E-state index in [1.54, 1.807) is 0 Å². The Morgan fingerprint density at radius 1 is 1.17 bits per heavy atom. The van der Waals surface area contributed by atoms with Gasteiger partial charge in [0.2, 0.25) is 0 Å². The molecule has 0 radical (unpaired) electrons. The van der Waals surface area contributed by atoms with Gasteiger partial charge < -0.3 is 18.9 Å². The summed E-state index contributed by atoms with van der Waals surface area (Å²) in [7, 11) is 0. The Bertz CT molecular complexity index is 506. The zero-order valence-corrected chi connectivity index (χ0v) is 15.3. The Morgan fingerprint density at radius 2 is 1.88 bits per heavy atom. The zero-order chi connectivity index (χ0) is 17.3. The van der Waals surface area contributed by atoms with E-state index in [0.29, 0.717) is 49.2 Å². The van der Waals surface area contributed by atoms with Crippen LogP contribution in [0.1, 0.15) is 59.8 Å². The lowest BCUT2D eigenvalue weighted by atomic mass is 9.72. The molecule has 24 heavy (non-hydrogen) atoms. The van der Waals surface area contributed by atoms with Crippen LogP contribution in [0.5, 0.6) is 0 Å². The first kappa shape index (κ1) is 17.7. The molecule has 0 aromatic heterocycles. The molecule has 0 amide bonds. The van der Waals surface area contributed by atoms with Crippen molar-refractivity contribution >= 4 is 5.97 Å². The van der Waals surface area contributed by atoms with Crippen LogP contribution in [0.2, 0.25) is 0 Å². The van der Waals surface area contributed by atoms with Crippen LogP contribution in [0.25, 0.3) is 0 Å². The number of allylic oxidation sites excluding steroid dienone is 1. The van der Waals surface area contributed by atoms with E-state index in [2.05, 4.69) is 20.8 Å². The molecule has 2 fully saturated rings. The van der Waals surface area contributed by atoms with Crippen molar-refractivity contribution in [2.45, 2.75) is 71.9 Å². The molecule has 3 rings (SSSR count). The lowest BCUT2D eigenvalue weighted by molar-refractivity contribution is -0.270. The van der Waals surface area contributed by atoms with Crippen LogP contribution in [0.4, 0.5) is 0 Å². The highest BCUT2D eigenvalue weighted by atomic mass is 16.7. The molecule has 136 valence electrons. The Kier molecular flexibility index (Phi) is 5.21. The van der Waals surface area contributed by atoms with Gasteiger partial charge in [-0.05, 0) is 38.0 Å². The smallest absolute Gasteiger partial charge is 0.340 e. The van der Waals surface area contributed by atoms with Crippen molar-refractivity contribution in [2.24, 2.45) is 17.8 Å². The van der Waals surface area contributed by atoms with Crippen molar-refractivity contribution in [3.63, 3.8) is 0 Å². The Balaban J connectivity index is 1.75. The maximum atomic E-state index is 12.7. The minimum Gasteiger partial charge on any atom is -0.456 e. The summed E-state index contributed by atoms with van der Waals surface area (Å²) in [6, 6.07) is 0. The topological polar surface area (TPSA) is 54.0 Å². The van der Waals surface area contributed by atoms with Gasteiger partial charge in [0, 0.05) is 18.8 Å². The standard InChI is InChI=1S/C19H30O5/c1-12(2)16-7-5-13(3)11-19(16)23-14(4)15(18(20)24-19)6-8-17-21-9-10-22-17/h12-13,16-17H,5-11H2,1-4H3/t13-,16+,19+/m1/s1. The quantitative estimate of drug-likeness (QED) is 0.730. The fourth-order valence-corrected chi connectivity index (χ4v) is 4.32. The summed E-state index contributed by atoms with van der Waals surface area (Å²) in [5, 5.41) is 0. The molecule has 2 heterocycles. The van der Waals surface area contributed by atoms with Crippen molar-refractivity contribution < 1.29 is 23.7 Å². The molecule has 0 bridgehead atoms. The molecule has 0 aromatic carbocycles. The van der Waals surface area contributed by atoms with Gasteiger partial charge in [-0.25, -0.2) is 4.79 Å².